The molecule has 0 saturated heterocycles. The molecule has 20 heavy (non-hydrogen) atoms. The number of alkyl halides is 3. The first-order chi connectivity index (χ1) is 9.32. The van der Waals surface area contributed by atoms with Crippen LogP contribution in [0.3, 0.4) is 0 Å². The normalized spacial score (nSPS) is 11.7. The summed E-state index contributed by atoms with van der Waals surface area (Å²) in [5, 5.41) is 3.66. The summed E-state index contributed by atoms with van der Waals surface area (Å²) in [7, 11) is 3.76. The van der Waals surface area contributed by atoms with Gasteiger partial charge in [-0.05, 0) is 31.2 Å². The lowest BCUT2D eigenvalue weighted by Crippen LogP contribution is -2.11. The molecule has 0 aliphatic heterocycles. The summed E-state index contributed by atoms with van der Waals surface area (Å²) in [5.74, 6) is 0. The van der Waals surface area contributed by atoms with Gasteiger partial charge in [-0.3, -0.25) is 0 Å². The Bertz CT molecular complexity index is 621. The molecule has 0 atom stereocenters. The average molecular weight is 283 g/mol. The van der Waals surface area contributed by atoms with Crippen molar-refractivity contribution in [3.8, 4) is 0 Å². The van der Waals surface area contributed by atoms with Crippen LogP contribution in [-0.4, -0.2) is 25.6 Å². The number of hydrogen-bond donors (Lipinski definition) is 1. The maximum atomic E-state index is 12.8. The van der Waals surface area contributed by atoms with E-state index in [0.717, 1.165) is 11.8 Å². The molecule has 2 aromatic rings. The van der Waals surface area contributed by atoms with Gasteiger partial charge in [-0.1, -0.05) is 0 Å². The lowest BCUT2D eigenvalue weighted by Gasteiger charge is -2.16. The number of pyridine rings is 1. The smallest absolute Gasteiger partial charge is 0.385 e. The molecule has 0 amide bonds. The van der Waals surface area contributed by atoms with Gasteiger partial charge in [0.25, 0.3) is 0 Å². The summed E-state index contributed by atoms with van der Waals surface area (Å²) < 4.78 is 38.5. The summed E-state index contributed by atoms with van der Waals surface area (Å²) in [6, 6.07) is 6.26. The molecule has 0 aliphatic carbocycles. The van der Waals surface area contributed by atoms with E-state index in [1.807, 2.05) is 32.0 Å². The molecule has 0 spiro atoms. The average Bonchev–Trinajstić information content (AvgIpc) is 2.37. The van der Waals surface area contributed by atoms with Crippen LogP contribution in [0.5, 0.6) is 0 Å². The van der Waals surface area contributed by atoms with Gasteiger partial charge < -0.3 is 10.2 Å². The molecule has 2 rings (SSSR count). The van der Waals surface area contributed by atoms with Gasteiger partial charge in [-0.2, -0.15) is 13.2 Å². The van der Waals surface area contributed by atoms with E-state index >= 15 is 0 Å². The molecule has 3 nitrogen and oxygen atoms in total. The van der Waals surface area contributed by atoms with E-state index < -0.39 is 11.9 Å². The Morgan fingerprint density at radius 1 is 1.20 bits per heavy atom. The summed E-state index contributed by atoms with van der Waals surface area (Å²) in [6.45, 7) is 2.39. The molecule has 6 heteroatoms. The van der Waals surface area contributed by atoms with Gasteiger partial charge in [0.2, 0.25) is 0 Å². The number of anilines is 2. The highest BCUT2D eigenvalue weighted by molar-refractivity contribution is 5.94. The van der Waals surface area contributed by atoms with Crippen LogP contribution < -0.4 is 10.2 Å². The van der Waals surface area contributed by atoms with Crippen molar-refractivity contribution in [2.45, 2.75) is 13.1 Å². The third kappa shape index (κ3) is 2.79. The molecule has 1 N–H and O–H groups in total. The highest BCUT2D eigenvalue weighted by Gasteiger charge is 2.33. The SMILES string of the molecule is CCNc1cc(C(F)(F)F)nc2ccc(N(C)C)cc12. The van der Waals surface area contributed by atoms with E-state index in [1.54, 1.807) is 12.1 Å². The van der Waals surface area contributed by atoms with Gasteiger partial charge in [0, 0.05) is 37.4 Å². The minimum absolute atomic E-state index is 0.335. The van der Waals surface area contributed by atoms with Crippen molar-refractivity contribution in [1.29, 1.82) is 0 Å². The number of nitrogens with one attached hydrogen (secondary N) is 1. The molecule has 0 saturated carbocycles. The van der Waals surface area contributed by atoms with Gasteiger partial charge in [0.1, 0.15) is 5.69 Å². The van der Waals surface area contributed by atoms with Gasteiger partial charge in [0.05, 0.1) is 5.52 Å². The summed E-state index contributed by atoms with van der Waals surface area (Å²) >= 11 is 0. The fraction of sp³-hybridized carbons (Fsp3) is 0.357. The molecule has 108 valence electrons. The van der Waals surface area contributed by atoms with Crippen LogP contribution in [0.15, 0.2) is 24.3 Å². The number of rotatable bonds is 3. The number of halogens is 3. The van der Waals surface area contributed by atoms with Crippen LogP contribution >= 0.6 is 0 Å². The molecule has 1 aromatic heterocycles. The van der Waals surface area contributed by atoms with Crippen molar-refractivity contribution in [3.05, 3.63) is 30.0 Å². The predicted molar refractivity (Wildman–Crippen MR) is 75.2 cm³/mol. The van der Waals surface area contributed by atoms with Crippen LogP contribution in [0.4, 0.5) is 24.5 Å². The van der Waals surface area contributed by atoms with Crippen molar-refractivity contribution in [2.24, 2.45) is 0 Å². The summed E-state index contributed by atoms with van der Waals surface area (Å²) in [5.41, 5.74) is 0.826. The standard InChI is InChI=1S/C14H16F3N3/c1-4-18-12-8-13(14(15,16)17)19-11-6-5-9(20(2)3)7-10(11)12/h5-8H,4H2,1-3H3,(H,18,19). The van der Waals surface area contributed by atoms with E-state index in [9.17, 15) is 13.2 Å². The van der Waals surface area contributed by atoms with Gasteiger partial charge in [0.15, 0.2) is 0 Å². The highest BCUT2D eigenvalue weighted by atomic mass is 19.4. The highest BCUT2D eigenvalue weighted by Crippen LogP contribution is 2.34. The monoisotopic (exact) mass is 283 g/mol. The zero-order valence-electron chi connectivity index (χ0n) is 11.5. The maximum Gasteiger partial charge on any atom is 0.433 e. The summed E-state index contributed by atoms with van der Waals surface area (Å²) in [6.07, 6.45) is -4.45. The van der Waals surface area contributed by atoms with Crippen molar-refractivity contribution >= 4 is 22.3 Å². The zero-order chi connectivity index (χ0) is 14.9. The maximum absolute atomic E-state index is 12.8. The van der Waals surface area contributed by atoms with E-state index in [2.05, 4.69) is 10.3 Å². The Kier molecular flexibility index (Phi) is 3.74. The number of aromatic nitrogens is 1. The molecule has 0 fully saturated rings. The fourth-order valence-electron chi connectivity index (χ4n) is 1.97. The van der Waals surface area contributed by atoms with Crippen LogP contribution in [0, 0.1) is 0 Å². The Hall–Kier alpha value is -1.98. The van der Waals surface area contributed by atoms with Crippen molar-refractivity contribution in [1.82, 2.24) is 4.98 Å². The first kappa shape index (κ1) is 14.4. The van der Waals surface area contributed by atoms with Gasteiger partial charge >= 0.3 is 6.18 Å². The largest absolute Gasteiger partial charge is 0.433 e. The Morgan fingerprint density at radius 3 is 2.45 bits per heavy atom. The number of nitrogens with zero attached hydrogens (tertiary/aromatic N) is 2. The van der Waals surface area contributed by atoms with E-state index in [0.29, 0.717) is 23.1 Å². The van der Waals surface area contributed by atoms with Gasteiger partial charge in [-0.25, -0.2) is 4.98 Å². The van der Waals surface area contributed by atoms with Crippen molar-refractivity contribution in [3.63, 3.8) is 0 Å². The Balaban J connectivity index is 2.68. The molecule has 0 radical (unpaired) electrons. The van der Waals surface area contributed by atoms with Crippen LogP contribution in [0.2, 0.25) is 0 Å². The van der Waals surface area contributed by atoms with E-state index in [-0.39, 0.29) is 0 Å². The Labute approximate surface area is 115 Å². The lowest BCUT2D eigenvalue weighted by molar-refractivity contribution is -0.140. The van der Waals surface area contributed by atoms with Crippen LogP contribution in [0.1, 0.15) is 12.6 Å². The van der Waals surface area contributed by atoms with Crippen LogP contribution in [0.25, 0.3) is 10.9 Å². The molecular weight excluding hydrogens is 267 g/mol. The molecule has 1 heterocycles. The second-order valence-corrected chi connectivity index (χ2v) is 4.68. The molecule has 0 unspecified atom stereocenters. The van der Waals surface area contributed by atoms with Crippen LogP contribution in [-0.2, 0) is 6.18 Å². The first-order valence-electron chi connectivity index (χ1n) is 6.26. The van der Waals surface area contributed by atoms with Gasteiger partial charge in [-0.15, -0.1) is 0 Å². The Morgan fingerprint density at radius 2 is 1.90 bits per heavy atom. The molecule has 0 bridgehead atoms. The second kappa shape index (κ2) is 5.19. The van der Waals surface area contributed by atoms with Crippen molar-refractivity contribution in [2.75, 3.05) is 30.9 Å². The lowest BCUT2D eigenvalue weighted by atomic mass is 10.1. The second-order valence-electron chi connectivity index (χ2n) is 4.68. The quantitative estimate of drug-likeness (QED) is 0.929. The minimum Gasteiger partial charge on any atom is -0.385 e. The first-order valence-corrected chi connectivity index (χ1v) is 6.26. The number of benzene rings is 1. The van der Waals surface area contributed by atoms with E-state index in [4.69, 9.17) is 0 Å². The minimum atomic E-state index is -4.45. The molecule has 0 aliphatic rings. The zero-order valence-corrected chi connectivity index (χ0v) is 11.5. The molecule has 1 aromatic carbocycles. The third-order valence-corrected chi connectivity index (χ3v) is 2.97. The topological polar surface area (TPSA) is 28.2 Å². The van der Waals surface area contributed by atoms with Crippen molar-refractivity contribution < 1.29 is 13.2 Å². The predicted octanol–water partition coefficient (Wildman–Crippen LogP) is 3.75. The fourth-order valence-corrected chi connectivity index (χ4v) is 1.97. The molecular formula is C14H16F3N3. The number of hydrogen-bond acceptors (Lipinski definition) is 3. The number of fused-ring (bicyclic) bond motifs is 1. The summed E-state index contributed by atoms with van der Waals surface area (Å²) in [4.78, 5) is 5.60. The third-order valence-electron chi connectivity index (χ3n) is 2.97. The van der Waals surface area contributed by atoms with E-state index in [1.165, 1.54) is 0 Å².